The number of halogens is 2. The average molecular weight is 531 g/mol. The number of fused-ring (bicyclic) bond motifs is 1. The number of aliphatic hydroxyl groups excluding tert-OH is 1. The lowest BCUT2D eigenvalue weighted by atomic mass is 9.93. The molecule has 0 atom stereocenters. The van der Waals surface area contributed by atoms with Gasteiger partial charge in [0.15, 0.2) is 0 Å². The minimum absolute atomic E-state index is 0.288. The van der Waals surface area contributed by atoms with Gasteiger partial charge in [0.1, 0.15) is 13.5 Å². The van der Waals surface area contributed by atoms with Crippen LogP contribution in [0.1, 0.15) is 36.2 Å². The van der Waals surface area contributed by atoms with E-state index < -0.39 is 0 Å². The van der Waals surface area contributed by atoms with Crippen molar-refractivity contribution in [2.24, 2.45) is 5.92 Å². The summed E-state index contributed by atoms with van der Waals surface area (Å²) in [6, 6.07) is 6.21. The first-order chi connectivity index (χ1) is 14.3. The third-order valence-electron chi connectivity index (χ3n) is 6.37. The Hall–Kier alpha value is -1.31. The highest BCUT2D eigenvalue weighted by Gasteiger charge is 2.25. The number of hydrogen-bond acceptors (Lipinski definition) is 3. The van der Waals surface area contributed by atoms with E-state index >= 15 is 0 Å². The first-order valence-corrected chi connectivity index (χ1v) is 12.0. The smallest absolute Gasteiger partial charge is 0.147 e. The molecule has 2 aromatic heterocycles. The Balaban J connectivity index is 1.87. The predicted octanol–water partition coefficient (Wildman–Crippen LogP) is 4.87. The Labute approximate surface area is 196 Å². The Morgan fingerprint density at radius 3 is 2.43 bits per heavy atom. The van der Waals surface area contributed by atoms with Crippen molar-refractivity contribution in [1.29, 1.82) is 0 Å². The van der Waals surface area contributed by atoms with E-state index in [1.807, 2.05) is 6.07 Å². The zero-order chi connectivity index (χ0) is 21.6. The monoisotopic (exact) mass is 529 g/mol. The van der Waals surface area contributed by atoms with Crippen LogP contribution in [0.2, 0.25) is 0 Å². The number of aliphatic hydroxyl groups is 1. The SMILES string of the molecule is [B]c1cc(Br)c(-n2c(C)c(C)c3c(N4CCC(CCO)CC4)cc(C)nc32)cc1Br. The fraction of sp³-hybridized carbons (Fsp3) is 0.435. The molecule has 1 fully saturated rings. The lowest BCUT2D eigenvalue weighted by molar-refractivity contribution is 0.240. The van der Waals surface area contributed by atoms with Gasteiger partial charge >= 0.3 is 0 Å². The molecule has 1 aliphatic heterocycles. The third kappa shape index (κ3) is 3.85. The Morgan fingerprint density at radius 1 is 1.07 bits per heavy atom. The van der Waals surface area contributed by atoms with Crippen LogP contribution in [0.4, 0.5) is 5.69 Å². The zero-order valence-electron chi connectivity index (χ0n) is 17.7. The van der Waals surface area contributed by atoms with Crippen molar-refractivity contribution in [3.8, 4) is 5.69 Å². The molecule has 7 heteroatoms. The van der Waals surface area contributed by atoms with Crippen LogP contribution in [0, 0.1) is 26.7 Å². The summed E-state index contributed by atoms with van der Waals surface area (Å²) in [5.41, 5.74) is 7.42. The van der Waals surface area contributed by atoms with Gasteiger partial charge in [-0.3, -0.25) is 4.57 Å². The Kier molecular flexibility index (Phi) is 6.34. The highest BCUT2D eigenvalue weighted by molar-refractivity contribution is 9.11. The molecule has 3 aromatic rings. The normalized spacial score (nSPS) is 15.3. The van der Waals surface area contributed by atoms with Crippen molar-refractivity contribution in [2.75, 3.05) is 24.6 Å². The summed E-state index contributed by atoms with van der Waals surface area (Å²) in [7, 11) is 6.08. The molecule has 1 saturated heterocycles. The maximum atomic E-state index is 9.28. The van der Waals surface area contributed by atoms with Gasteiger partial charge in [0.2, 0.25) is 0 Å². The second kappa shape index (κ2) is 8.68. The van der Waals surface area contributed by atoms with E-state index in [9.17, 15) is 5.11 Å². The largest absolute Gasteiger partial charge is 0.396 e. The van der Waals surface area contributed by atoms with Crippen molar-refractivity contribution >= 4 is 61.9 Å². The molecular weight excluding hydrogens is 505 g/mol. The van der Waals surface area contributed by atoms with Gasteiger partial charge in [0.25, 0.3) is 0 Å². The molecular formula is C23H26BBr2N3O. The van der Waals surface area contributed by atoms with Crippen molar-refractivity contribution in [1.82, 2.24) is 9.55 Å². The van der Waals surface area contributed by atoms with Gasteiger partial charge in [-0.05, 0) is 79.6 Å². The summed E-state index contributed by atoms with van der Waals surface area (Å²) in [5.74, 6) is 0.625. The van der Waals surface area contributed by atoms with Crippen LogP contribution in [0.5, 0.6) is 0 Å². The number of benzene rings is 1. The van der Waals surface area contributed by atoms with Gasteiger partial charge in [0.05, 0.1) is 5.69 Å². The average Bonchev–Trinajstić information content (AvgIpc) is 2.95. The van der Waals surface area contributed by atoms with E-state index in [1.54, 1.807) is 0 Å². The maximum Gasteiger partial charge on any atom is 0.147 e. The molecule has 4 nitrogen and oxygen atoms in total. The number of pyridine rings is 1. The number of hydrogen-bond donors (Lipinski definition) is 1. The minimum atomic E-state index is 0.288. The van der Waals surface area contributed by atoms with Crippen molar-refractivity contribution in [3.05, 3.63) is 44.1 Å². The summed E-state index contributed by atoms with van der Waals surface area (Å²) in [5, 5.41) is 10.5. The number of aryl methyl sites for hydroxylation is 2. The molecule has 1 aromatic carbocycles. The lowest BCUT2D eigenvalue weighted by Gasteiger charge is -2.34. The van der Waals surface area contributed by atoms with Crippen molar-refractivity contribution in [3.63, 3.8) is 0 Å². The molecule has 156 valence electrons. The summed E-state index contributed by atoms with van der Waals surface area (Å²) >= 11 is 7.28. The molecule has 0 saturated carbocycles. The fourth-order valence-corrected chi connectivity index (χ4v) is 5.45. The third-order valence-corrected chi connectivity index (χ3v) is 7.69. The molecule has 1 N–H and O–H groups in total. The lowest BCUT2D eigenvalue weighted by Crippen LogP contribution is -2.34. The van der Waals surface area contributed by atoms with Gasteiger partial charge in [-0.15, -0.1) is 0 Å². The van der Waals surface area contributed by atoms with Crippen LogP contribution in [-0.4, -0.2) is 42.2 Å². The number of aromatic nitrogens is 2. The highest BCUT2D eigenvalue weighted by Crippen LogP contribution is 2.38. The van der Waals surface area contributed by atoms with E-state index in [4.69, 9.17) is 12.8 Å². The van der Waals surface area contributed by atoms with Gasteiger partial charge in [-0.2, -0.15) is 0 Å². The molecule has 0 unspecified atom stereocenters. The fourth-order valence-electron chi connectivity index (χ4n) is 4.58. The van der Waals surface area contributed by atoms with Gasteiger partial charge in [-0.1, -0.05) is 27.5 Å². The highest BCUT2D eigenvalue weighted by atomic mass is 79.9. The van der Waals surface area contributed by atoms with Crippen LogP contribution in [0.25, 0.3) is 16.7 Å². The summed E-state index contributed by atoms with van der Waals surface area (Å²) in [4.78, 5) is 7.46. The molecule has 3 heterocycles. The summed E-state index contributed by atoms with van der Waals surface area (Å²) in [6.07, 6.45) is 3.16. The van der Waals surface area contributed by atoms with Crippen LogP contribution in [0.15, 0.2) is 27.1 Å². The van der Waals surface area contributed by atoms with Crippen molar-refractivity contribution in [2.45, 2.75) is 40.0 Å². The zero-order valence-corrected chi connectivity index (χ0v) is 20.8. The number of anilines is 1. The van der Waals surface area contributed by atoms with Gasteiger partial charge < -0.3 is 10.0 Å². The summed E-state index contributed by atoms with van der Waals surface area (Å²) in [6.45, 7) is 8.73. The number of rotatable bonds is 4. The Bertz CT molecular complexity index is 1100. The van der Waals surface area contributed by atoms with Gasteiger partial charge in [0, 0.05) is 51.1 Å². The first-order valence-electron chi connectivity index (χ1n) is 10.4. The second-order valence-electron chi connectivity index (χ2n) is 8.30. The van der Waals surface area contributed by atoms with Gasteiger partial charge in [-0.25, -0.2) is 4.98 Å². The molecule has 1 aliphatic rings. The molecule has 0 amide bonds. The molecule has 2 radical (unpaired) electrons. The quantitative estimate of drug-likeness (QED) is 0.489. The molecule has 4 rings (SSSR count). The van der Waals surface area contributed by atoms with Crippen LogP contribution in [0.3, 0.4) is 0 Å². The standard InChI is InChI=1S/C23H26BBr2N3O/c1-13-10-21(28-7-4-16(5-8-28)6-9-30)22-14(2)15(3)29(23(22)27-13)20-12-18(25)17(24)11-19(20)26/h10-12,16,30H,4-9H2,1-3H3. The molecule has 30 heavy (non-hydrogen) atoms. The van der Waals surface area contributed by atoms with E-state index in [1.165, 1.54) is 22.3 Å². The van der Waals surface area contributed by atoms with Crippen LogP contribution < -0.4 is 10.4 Å². The molecule has 0 spiro atoms. The maximum absolute atomic E-state index is 9.28. The van der Waals surface area contributed by atoms with Crippen LogP contribution >= 0.6 is 31.9 Å². The van der Waals surface area contributed by atoms with E-state index in [0.717, 1.165) is 58.3 Å². The summed E-state index contributed by atoms with van der Waals surface area (Å²) < 4.78 is 4.05. The molecule has 0 bridgehead atoms. The molecule has 0 aliphatic carbocycles. The van der Waals surface area contributed by atoms with E-state index in [2.05, 4.69) is 74.2 Å². The first kappa shape index (κ1) is 21.9. The van der Waals surface area contributed by atoms with Crippen molar-refractivity contribution < 1.29 is 5.11 Å². The van der Waals surface area contributed by atoms with Crippen LogP contribution in [-0.2, 0) is 0 Å². The minimum Gasteiger partial charge on any atom is -0.396 e. The number of nitrogens with zero attached hydrogens (tertiary/aromatic N) is 3. The van der Waals surface area contributed by atoms with E-state index in [-0.39, 0.29) is 6.61 Å². The Morgan fingerprint density at radius 2 is 1.77 bits per heavy atom. The predicted molar refractivity (Wildman–Crippen MR) is 133 cm³/mol. The van der Waals surface area contributed by atoms with E-state index in [0.29, 0.717) is 11.4 Å². The topological polar surface area (TPSA) is 41.3 Å². The number of piperidine rings is 1. The second-order valence-corrected chi connectivity index (χ2v) is 10.0.